The lowest BCUT2D eigenvalue weighted by Crippen LogP contribution is -2.19. The molecule has 2 aromatic rings. The van der Waals surface area contributed by atoms with Crippen LogP contribution in [0.1, 0.15) is 36.1 Å². The molecule has 2 rings (SSSR count). The molecule has 0 aliphatic carbocycles. The van der Waals surface area contributed by atoms with Gasteiger partial charge in [0.1, 0.15) is 17.8 Å². The molecule has 3 nitrogen and oxygen atoms in total. The van der Waals surface area contributed by atoms with Crippen molar-refractivity contribution >= 4 is 6.29 Å². The zero-order valence-electron chi connectivity index (χ0n) is 15.1. The van der Waals surface area contributed by atoms with E-state index in [1.165, 1.54) is 17.2 Å². The van der Waals surface area contributed by atoms with Crippen LogP contribution in [0.2, 0.25) is 0 Å². The van der Waals surface area contributed by atoms with Crippen molar-refractivity contribution in [3.05, 3.63) is 71.3 Å². The molecule has 0 fully saturated rings. The molecule has 0 bridgehead atoms. The minimum atomic E-state index is -0.116. The number of ether oxygens (including phenoxy) is 1. The number of benzene rings is 2. The van der Waals surface area contributed by atoms with Gasteiger partial charge in [0, 0.05) is 5.41 Å². The summed E-state index contributed by atoms with van der Waals surface area (Å²) in [6, 6.07) is 12.1. The van der Waals surface area contributed by atoms with Gasteiger partial charge >= 0.3 is 0 Å². The minimum absolute atomic E-state index is 0.116. The van der Waals surface area contributed by atoms with Gasteiger partial charge in [0.05, 0.1) is 7.11 Å². The third kappa shape index (κ3) is 4.48. The van der Waals surface area contributed by atoms with Crippen LogP contribution in [-0.2, 0) is 10.2 Å². The SMILES string of the molecule is C=CC=O.COc1ccc(C(C)(C)c2ccc(O)c(C)c2)cc1C. The molecule has 0 amide bonds. The van der Waals surface area contributed by atoms with Gasteiger partial charge in [-0.05, 0) is 54.3 Å². The molecule has 2 aromatic carbocycles. The van der Waals surface area contributed by atoms with Crippen molar-refractivity contribution in [3.8, 4) is 11.5 Å². The van der Waals surface area contributed by atoms with Gasteiger partial charge < -0.3 is 9.84 Å². The van der Waals surface area contributed by atoms with Gasteiger partial charge in [-0.25, -0.2) is 0 Å². The maximum absolute atomic E-state index is 9.68. The highest BCUT2D eigenvalue weighted by Gasteiger charge is 2.24. The van der Waals surface area contributed by atoms with Crippen molar-refractivity contribution in [3.63, 3.8) is 0 Å². The second-order valence-electron chi connectivity index (χ2n) is 6.18. The molecule has 0 aliphatic rings. The summed E-state index contributed by atoms with van der Waals surface area (Å²) in [6.07, 6.45) is 1.83. The molecule has 0 radical (unpaired) electrons. The second kappa shape index (κ2) is 8.34. The van der Waals surface area contributed by atoms with E-state index in [9.17, 15) is 5.11 Å². The lowest BCUT2D eigenvalue weighted by molar-refractivity contribution is -0.104. The molecule has 24 heavy (non-hydrogen) atoms. The van der Waals surface area contributed by atoms with Gasteiger partial charge in [0.25, 0.3) is 0 Å². The van der Waals surface area contributed by atoms with E-state index in [0.717, 1.165) is 16.9 Å². The van der Waals surface area contributed by atoms with Gasteiger partial charge in [-0.3, -0.25) is 4.79 Å². The maximum atomic E-state index is 9.68. The van der Waals surface area contributed by atoms with Crippen molar-refractivity contribution in [2.45, 2.75) is 33.1 Å². The predicted octanol–water partition coefficient (Wildman–Crippen LogP) is 4.71. The van der Waals surface area contributed by atoms with Crippen LogP contribution >= 0.6 is 0 Å². The lowest BCUT2D eigenvalue weighted by atomic mass is 9.77. The van der Waals surface area contributed by atoms with Crippen LogP contribution < -0.4 is 4.74 Å². The average molecular weight is 326 g/mol. The number of aryl methyl sites for hydroxylation is 2. The Morgan fingerprint density at radius 2 is 1.54 bits per heavy atom. The first-order valence-corrected chi connectivity index (χ1v) is 7.79. The molecule has 0 atom stereocenters. The smallest absolute Gasteiger partial charge is 0.142 e. The number of carbonyl (C=O) groups excluding carboxylic acids is 1. The summed E-state index contributed by atoms with van der Waals surface area (Å²) in [6.45, 7) is 11.5. The van der Waals surface area contributed by atoms with Gasteiger partial charge in [-0.15, -0.1) is 0 Å². The summed E-state index contributed by atoms with van der Waals surface area (Å²) in [7, 11) is 1.69. The summed E-state index contributed by atoms with van der Waals surface area (Å²) in [5, 5.41) is 9.68. The number of phenolic OH excluding ortho intramolecular Hbond substituents is 1. The van der Waals surface area contributed by atoms with E-state index in [4.69, 9.17) is 9.53 Å². The van der Waals surface area contributed by atoms with Crippen LogP contribution in [0.3, 0.4) is 0 Å². The van der Waals surface area contributed by atoms with Crippen molar-refractivity contribution in [2.75, 3.05) is 7.11 Å². The Bertz CT molecular complexity index is 709. The number of aromatic hydroxyl groups is 1. The topological polar surface area (TPSA) is 46.5 Å². The first-order chi connectivity index (χ1) is 11.3. The minimum Gasteiger partial charge on any atom is -0.508 e. The monoisotopic (exact) mass is 326 g/mol. The molecule has 0 saturated carbocycles. The van der Waals surface area contributed by atoms with Crippen molar-refractivity contribution in [2.24, 2.45) is 0 Å². The quantitative estimate of drug-likeness (QED) is 0.653. The highest BCUT2D eigenvalue weighted by Crippen LogP contribution is 2.35. The lowest BCUT2D eigenvalue weighted by Gasteiger charge is -2.27. The van der Waals surface area contributed by atoms with Gasteiger partial charge in [-0.2, -0.15) is 0 Å². The molecular weight excluding hydrogens is 300 g/mol. The molecule has 0 unspecified atom stereocenters. The van der Waals surface area contributed by atoms with Crippen LogP contribution in [0.25, 0.3) is 0 Å². The highest BCUT2D eigenvalue weighted by atomic mass is 16.5. The summed E-state index contributed by atoms with van der Waals surface area (Å²) >= 11 is 0. The van der Waals surface area contributed by atoms with Gasteiger partial charge in [0.2, 0.25) is 0 Å². The summed E-state index contributed by atoms with van der Waals surface area (Å²) in [5.41, 5.74) is 4.35. The number of hydrogen-bond acceptors (Lipinski definition) is 3. The van der Waals surface area contributed by atoms with Crippen LogP contribution in [0.5, 0.6) is 11.5 Å². The van der Waals surface area contributed by atoms with Crippen LogP contribution in [-0.4, -0.2) is 18.5 Å². The number of hydrogen-bond donors (Lipinski definition) is 1. The zero-order chi connectivity index (χ0) is 18.3. The first kappa shape index (κ1) is 19.5. The van der Waals surface area contributed by atoms with E-state index in [0.29, 0.717) is 12.0 Å². The van der Waals surface area contributed by atoms with Gasteiger partial charge in [-0.1, -0.05) is 44.7 Å². The van der Waals surface area contributed by atoms with Crippen LogP contribution in [0, 0.1) is 13.8 Å². The fourth-order valence-electron chi connectivity index (χ4n) is 2.48. The molecule has 0 aromatic heterocycles. The molecular formula is C21H26O3. The number of methoxy groups -OCH3 is 1. The van der Waals surface area contributed by atoms with E-state index in [-0.39, 0.29) is 5.41 Å². The summed E-state index contributed by atoms with van der Waals surface area (Å²) in [5.74, 6) is 1.25. The number of allylic oxidation sites excluding steroid dienone is 1. The molecule has 128 valence electrons. The number of rotatable bonds is 4. The average Bonchev–Trinajstić information content (AvgIpc) is 2.57. The third-order valence-electron chi connectivity index (χ3n) is 4.13. The van der Waals surface area contributed by atoms with E-state index >= 15 is 0 Å². The second-order valence-corrected chi connectivity index (χ2v) is 6.18. The van der Waals surface area contributed by atoms with E-state index in [2.05, 4.69) is 45.5 Å². The zero-order valence-corrected chi connectivity index (χ0v) is 15.1. The molecule has 0 saturated heterocycles. The summed E-state index contributed by atoms with van der Waals surface area (Å²) in [4.78, 5) is 9.06. The van der Waals surface area contributed by atoms with Crippen molar-refractivity contribution in [1.29, 1.82) is 0 Å². The van der Waals surface area contributed by atoms with E-state index < -0.39 is 0 Å². The van der Waals surface area contributed by atoms with Crippen molar-refractivity contribution < 1.29 is 14.6 Å². The highest BCUT2D eigenvalue weighted by molar-refractivity contribution is 5.63. The molecule has 0 heterocycles. The number of phenols is 1. The number of carbonyl (C=O) groups is 1. The summed E-state index contributed by atoms with van der Waals surface area (Å²) < 4.78 is 5.32. The van der Waals surface area contributed by atoms with E-state index in [1.807, 2.05) is 19.1 Å². The fourth-order valence-corrected chi connectivity index (χ4v) is 2.48. The molecule has 1 N–H and O–H groups in total. The first-order valence-electron chi connectivity index (χ1n) is 7.79. The van der Waals surface area contributed by atoms with Crippen LogP contribution in [0.4, 0.5) is 0 Å². The number of aldehydes is 1. The normalized spacial score (nSPS) is 10.4. The molecule has 0 aliphatic heterocycles. The Morgan fingerprint density at radius 3 is 1.96 bits per heavy atom. The molecule has 3 heteroatoms. The Hall–Kier alpha value is -2.55. The largest absolute Gasteiger partial charge is 0.508 e. The van der Waals surface area contributed by atoms with Crippen molar-refractivity contribution in [1.82, 2.24) is 0 Å². The van der Waals surface area contributed by atoms with E-state index in [1.54, 1.807) is 13.2 Å². The van der Waals surface area contributed by atoms with Gasteiger partial charge in [0.15, 0.2) is 0 Å². The Balaban J connectivity index is 0.000000648. The van der Waals surface area contributed by atoms with Crippen LogP contribution in [0.15, 0.2) is 49.1 Å². The Labute approximate surface area is 144 Å². The maximum Gasteiger partial charge on any atom is 0.142 e. The Morgan fingerprint density at radius 1 is 1.04 bits per heavy atom. The Kier molecular flexibility index (Phi) is 6.78. The standard InChI is InChI=1S/C18H22O2.C3H4O/c1-12-10-14(6-8-16(12)19)18(3,4)15-7-9-17(20-5)13(2)11-15;1-2-3-4/h6-11,19H,1-5H3;2-3H,1H2. The molecule has 0 spiro atoms. The predicted molar refractivity (Wildman–Crippen MR) is 99.0 cm³/mol. The fraction of sp³-hybridized carbons (Fsp3) is 0.286. The third-order valence-corrected chi connectivity index (χ3v) is 4.13.